The van der Waals surface area contributed by atoms with Crippen molar-refractivity contribution in [3.63, 3.8) is 0 Å². The summed E-state index contributed by atoms with van der Waals surface area (Å²) in [5, 5.41) is 3.37. The Labute approximate surface area is 128 Å². The van der Waals surface area contributed by atoms with Gasteiger partial charge in [-0.3, -0.25) is 0 Å². The van der Waals surface area contributed by atoms with E-state index in [1.165, 1.54) is 5.56 Å². The van der Waals surface area contributed by atoms with Crippen molar-refractivity contribution in [1.29, 1.82) is 0 Å². The van der Waals surface area contributed by atoms with Crippen LogP contribution in [-0.4, -0.2) is 14.2 Å². The first-order valence-electron chi connectivity index (χ1n) is 6.56. The molecule has 1 unspecified atom stereocenters. The molecule has 0 saturated carbocycles. The Balaban J connectivity index is 2.69. The van der Waals surface area contributed by atoms with E-state index in [0.717, 1.165) is 32.7 Å². The number of nitrogens with one attached hydrogen (secondary N) is 1. The third-order valence-electron chi connectivity index (χ3n) is 3.70. The highest BCUT2D eigenvalue weighted by atomic mass is 79.9. The van der Waals surface area contributed by atoms with Crippen molar-refractivity contribution in [3.05, 3.63) is 50.9 Å². The van der Waals surface area contributed by atoms with E-state index in [4.69, 9.17) is 9.15 Å². The Kier molecular flexibility index (Phi) is 4.55. The first-order valence-corrected chi connectivity index (χ1v) is 7.35. The predicted octanol–water partition coefficient (Wildman–Crippen LogP) is 4.28. The van der Waals surface area contributed by atoms with Crippen LogP contribution in [-0.2, 0) is 0 Å². The molecule has 3 nitrogen and oxygen atoms in total. The summed E-state index contributed by atoms with van der Waals surface area (Å²) in [4.78, 5) is 0. The lowest BCUT2D eigenvalue weighted by Crippen LogP contribution is -2.20. The van der Waals surface area contributed by atoms with E-state index in [0.29, 0.717) is 0 Å². The van der Waals surface area contributed by atoms with Crippen molar-refractivity contribution >= 4 is 15.9 Å². The molecule has 0 aliphatic carbocycles. The summed E-state index contributed by atoms with van der Waals surface area (Å²) in [5.41, 5.74) is 4.56. The average molecular weight is 338 g/mol. The molecule has 0 spiro atoms. The molecule has 1 atom stereocenters. The minimum atomic E-state index is 0.0416. The van der Waals surface area contributed by atoms with Crippen LogP contribution in [0.25, 0.3) is 0 Å². The van der Waals surface area contributed by atoms with Crippen LogP contribution in [0.2, 0.25) is 0 Å². The van der Waals surface area contributed by atoms with Gasteiger partial charge >= 0.3 is 0 Å². The Hall–Kier alpha value is -1.26. The molecule has 2 aromatic rings. The minimum absolute atomic E-state index is 0.0416. The normalized spacial score (nSPS) is 12.5. The topological polar surface area (TPSA) is 34.4 Å². The molecular formula is C16H20BrNO2. The second kappa shape index (κ2) is 6.02. The molecule has 0 saturated heterocycles. The molecule has 2 rings (SSSR count). The zero-order chi connectivity index (χ0) is 14.9. The summed E-state index contributed by atoms with van der Waals surface area (Å²) < 4.78 is 12.2. The second-order valence-corrected chi connectivity index (χ2v) is 5.76. The van der Waals surface area contributed by atoms with Crippen LogP contribution in [0.15, 0.2) is 27.3 Å². The maximum absolute atomic E-state index is 5.64. The summed E-state index contributed by atoms with van der Waals surface area (Å²) >= 11 is 3.63. The van der Waals surface area contributed by atoms with Gasteiger partial charge < -0.3 is 14.5 Å². The van der Waals surface area contributed by atoms with Crippen molar-refractivity contribution in [3.8, 4) is 5.75 Å². The fourth-order valence-electron chi connectivity index (χ4n) is 2.64. The van der Waals surface area contributed by atoms with Gasteiger partial charge in [0.25, 0.3) is 0 Å². The van der Waals surface area contributed by atoms with Crippen molar-refractivity contribution in [2.24, 2.45) is 0 Å². The lowest BCUT2D eigenvalue weighted by atomic mass is 9.92. The highest BCUT2D eigenvalue weighted by Crippen LogP contribution is 2.39. The predicted molar refractivity (Wildman–Crippen MR) is 84.5 cm³/mol. The highest BCUT2D eigenvalue weighted by Gasteiger charge is 2.24. The Morgan fingerprint density at radius 2 is 2.00 bits per heavy atom. The summed E-state index contributed by atoms with van der Waals surface area (Å²) in [5.74, 6) is 1.84. The molecule has 0 fully saturated rings. The van der Waals surface area contributed by atoms with Gasteiger partial charge in [0.15, 0.2) is 0 Å². The molecule has 0 radical (unpaired) electrons. The van der Waals surface area contributed by atoms with Crippen LogP contribution >= 0.6 is 15.9 Å². The van der Waals surface area contributed by atoms with Crippen LogP contribution in [0.5, 0.6) is 5.75 Å². The fourth-order valence-corrected chi connectivity index (χ4v) is 3.20. The molecule has 0 aliphatic heterocycles. The van der Waals surface area contributed by atoms with Gasteiger partial charge in [0, 0.05) is 15.6 Å². The summed E-state index contributed by atoms with van der Waals surface area (Å²) in [6.45, 7) is 6.13. The minimum Gasteiger partial charge on any atom is -0.496 e. The third kappa shape index (κ3) is 2.50. The second-order valence-electron chi connectivity index (χ2n) is 4.90. The zero-order valence-corrected chi connectivity index (χ0v) is 14.1. The van der Waals surface area contributed by atoms with Crippen molar-refractivity contribution in [1.82, 2.24) is 5.32 Å². The number of ether oxygens (including phenoxy) is 1. The monoisotopic (exact) mass is 337 g/mol. The number of hydrogen-bond donors (Lipinski definition) is 1. The molecule has 1 N–H and O–H groups in total. The Morgan fingerprint density at radius 1 is 1.30 bits per heavy atom. The van der Waals surface area contributed by atoms with Crippen LogP contribution in [0.1, 0.15) is 34.1 Å². The molecule has 108 valence electrons. The fraction of sp³-hybridized carbons (Fsp3) is 0.375. The first-order chi connectivity index (χ1) is 9.51. The lowest BCUT2D eigenvalue weighted by molar-refractivity contribution is 0.401. The van der Waals surface area contributed by atoms with Crippen LogP contribution in [0, 0.1) is 20.8 Å². The summed E-state index contributed by atoms with van der Waals surface area (Å²) in [6.07, 6.45) is 1.72. The van der Waals surface area contributed by atoms with Crippen molar-refractivity contribution < 1.29 is 9.15 Å². The van der Waals surface area contributed by atoms with Gasteiger partial charge in [-0.15, -0.1) is 0 Å². The molecule has 20 heavy (non-hydrogen) atoms. The van der Waals surface area contributed by atoms with E-state index in [2.05, 4.69) is 41.2 Å². The van der Waals surface area contributed by atoms with Crippen molar-refractivity contribution in [2.45, 2.75) is 26.8 Å². The smallest absolute Gasteiger partial charge is 0.127 e. The van der Waals surface area contributed by atoms with Crippen molar-refractivity contribution in [2.75, 3.05) is 14.2 Å². The van der Waals surface area contributed by atoms with Gasteiger partial charge in [-0.25, -0.2) is 0 Å². The largest absolute Gasteiger partial charge is 0.496 e. The van der Waals surface area contributed by atoms with Gasteiger partial charge in [0.05, 0.1) is 19.4 Å². The third-order valence-corrected chi connectivity index (χ3v) is 4.52. The van der Waals surface area contributed by atoms with Crippen LogP contribution in [0.4, 0.5) is 0 Å². The SMILES string of the molecule is CNC(c1ccoc1C)c1c(C)c(Br)cc(C)c1OC. The van der Waals surface area contributed by atoms with Crippen LogP contribution < -0.4 is 10.1 Å². The molecular weight excluding hydrogens is 318 g/mol. The van der Waals surface area contributed by atoms with Gasteiger partial charge in [0.1, 0.15) is 11.5 Å². The number of furan rings is 1. The number of benzene rings is 1. The first kappa shape index (κ1) is 15.1. The average Bonchev–Trinajstić information content (AvgIpc) is 2.83. The van der Waals surface area contributed by atoms with E-state index in [9.17, 15) is 0 Å². The number of hydrogen-bond acceptors (Lipinski definition) is 3. The van der Waals surface area contributed by atoms with Gasteiger partial charge in [0.2, 0.25) is 0 Å². The van der Waals surface area contributed by atoms with E-state index in [1.54, 1.807) is 13.4 Å². The maximum atomic E-state index is 5.64. The standard InChI is InChI=1S/C16H20BrNO2/c1-9-8-13(17)10(2)14(16(9)19-5)15(18-4)12-6-7-20-11(12)3/h6-8,15,18H,1-5H3. The Bertz CT molecular complexity index is 619. The van der Waals surface area contributed by atoms with E-state index >= 15 is 0 Å². The molecule has 0 amide bonds. The molecule has 1 aromatic heterocycles. The number of halogens is 1. The highest BCUT2D eigenvalue weighted by molar-refractivity contribution is 9.10. The van der Waals surface area contributed by atoms with E-state index in [-0.39, 0.29) is 6.04 Å². The molecule has 0 aliphatic rings. The molecule has 1 aromatic carbocycles. The molecule has 4 heteroatoms. The number of rotatable bonds is 4. The van der Waals surface area contributed by atoms with Gasteiger partial charge in [-0.1, -0.05) is 15.9 Å². The quantitative estimate of drug-likeness (QED) is 0.903. The maximum Gasteiger partial charge on any atom is 0.127 e. The number of methoxy groups -OCH3 is 1. The van der Waals surface area contributed by atoms with Gasteiger partial charge in [-0.05, 0) is 51.1 Å². The number of aryl methyl sites for hydroxylation is 2. The summed E-state index contributed by atoms with van der Waals surface area (Å²) in [6, 6.07) is 4.14. The van der Waals surface area contributed by atoms with E-state index < -0.39 is 0 Å². The van der Waals surface area contributed by atoms with Gasteiger partial charge in [-0.2, -0.15) is 0 Å². The lowest BCUT2D eigenvalue weighted by Gasteiger charge is -2.23. The summed E-state index contributed by atoms with van der Waals surface area (Å²) in [7, 11) is 3.67. The van der Waals surface area contributed by atoms with E-state index in [1.807, 2.05) is 20.0 Å². The van der Waals surface area contributed by atoms with Crippen LogP contribution in [0.3, 0.4) is 0 Å². The molecule has 0 bridgehead atoms. The molecule has 1 heterocycles. The Morgan fingerprint density at radius 3 is 2.50 bits per heavy atom. The zero-order valence-electron chi connectivity index (χ0n) is 12.5.